The van der Waals surface area contributed by atoms with Crippen molar-refractivity contribution in [2.75, 3.05) is 26.2 Å². The minimum Gasteiger partial charge on any atom is -0.466 e. The highest BCUT2D eigenvalue weighted by Crippen LogP contribution is 2.19. The van der Waals surface area contributed by atoms with Crippen LogP contribution in [0.4, 0.5) is 0 Å². The fourth-order valence-electron chi connectivity index (χ4n) is 1.94. The van der Waals surface area contributed by atoms with Crippen molar-refractivity contribution in [2.45, 2.75) is 33.1 Å². The van der Waals surface area contributed by atoms with E-state index >= 15 is 0 Å². The molecular formula is C11H22N2O4S. The van der Waals surface area contributed by atoms with E-state index in [2.05, 4.69) is 4.72 Å². The van der Waals surface area contributed by atoms with Crippen molar-refractivity contribution in [3.8, 4) is 0 Å². The summed E-state index contributed by atoms with van der Waals surface area (Å²) in [5.74, 6) is -0.634. The number of nitrogens with zero attached hydrogens (tertiary/aromatic N) is 1. The quantitative estimate of drug-likeness (QED) is 0.718. The normalized spacial score (nSPS) is 21.8. The summed E-state index contributed by atoms with van der Waals surface area (Å²) in [6, 6.07) is 0. The molecule has 1 saturated heterocycles. The van der Waals surface area contributed by atoms with E-state index < -0.39 is 10.2 Å². The molecule has 18 heavy (non-hydrogen) atoms. The molecule has 1 aliphatic rings. The number of ether oxygens (including phenoxy) is 1. The molecule has 0 bridgehead atoms. The first kappa shape index (κ1) is 15.4. The molecule has 6 nitrogen and oxygen atoms in total. The standard InChI is InChI=1S/C11H22N2O4S/c1-3-7-12-18(15,16)13-8-5-6-10(9-13)11(14)17-4-2/h10,12H,3-9H2,1-2H3. The fraction of sp³-hybridized carbons (Fsp3) is 0.909. The van der Waals surface area contributed by atoms with Crippen molar-refractivity contribution >= 4 is 16.2 Å². The molecule has 0 aromatic heterocycles. The number of carbonyl (C=O) groups excluding carboxylic acids is 1. The van der Waals surface area contributed by atoms with Crippen LogP contribution in [0.25, 0.3) is 0 Å². The maximum absolute atomic E-state index is 11.9. The Morgan fingerprint density at radius 3 is 2.78 bits per heavy atom. The molecule has 0 amide bonds. The summed E-state index contributed by atoms with van der Waals surface area (Å²) >= 11 is 0. The maximum Gasteiger partial charge on any atom is 0.310 e. The second-order valence-electron chi connectivity index (χ2n) is 4.35. The minimum absolute atomic E-state index is 0.220. The number of hydrogen-bond donors (Lipinski definition) is 1. The Bertz CT molecular complexity index is 369. The Kier molecular flexibility index (Phi) is 6.04. The van der Waals surface area contributed by atoms with Gasteiger partial charge in [0.25, 0.3) is 10.2 Å². The molecule has 1 fully saturated rings. The van der Waals surface area contributed by atoms with Gasteiger partial charge in [-0.1, -0.05) is 6.92 Å². The number of rotatable bonds is 6. The van der Waals surface area contributed by atoms with Crippen LogP contribution in [0, 0.1) is 5.92 Å². The van der Waals surface area contributed by atoms with Gasteiger partial charge in [-0.3, -0.25) is 4.79 Å². The van der Waals surface area contributed by atoms with E-state index in [1.165, 1.54) is 4.31 Å². The Balaban J connectivity index is 2.60. The van der Waals surface area contributed by atoms with Gasteiger partial charge >= 0.3 is 5.97 Å². The predicted octanol–water partition coefficient (Wildman–Crippen LogP) is 0.506. The minimum atomic E-state index is -3.45. The van der Waals surface area contributed by atoms with E-state index in [1.54, 1.807) is 6.92 Å². The second-order valence-corrected chi connectivity index (χ2v) is 6.10. The van der Waals surface area contributed by atoms with E-state index in [-0.39, 0.29) is 18.4 Å². The van der Waals surface area contributed by atoms with Crippen molar-refractivity contribution in [2.24, 2.45) is 5.92 Å². The Hall–Kier alpha value is -0.660. The van der Waals surface area contributed by atoms with Crippen LogP contribution in [-0.2, 0) is 19.7 Å². The van der Waals surface area contributed by atoms with E-state index in [0.717, 1.165) is 6.42 Å². The number of esters is 1. The van der Waals surface area contributed by atoms with Crippen molar-refractivity contribution in [1.29, 1.82) is 0 Å². The van der Waals surface area contributed by atoms with Gasteiger partial charge in [0.1, 0.15) is 0 Å². The van der Waals surface area contributed by atoms with Crippen molar-refractivity contribution < 1.29 is 17.9 Å². The van der Waals surface area contributed by atoms with E-state index in [0.29, 0.717) is 32.5 Å². The van der Waals surface area contributed by atoms with Crippen LogP contribution in [0.15, 0.2) is 0 Å². The molecule has 0 aromatic rings. The van der Waals surface area contributed by atoms with Crippen LogP contribution < -0.4 is 4.72 Å². The molecule has 1 aliphatic heterocycles. The summed E-state index contributed by atoms with van der Waals surface area (Å²) in [4.78, 5) is 11.6. The van der Waals surface area contributed by atoms with Gasteiger partial charge in [0, 0.05) is 19.6 Å². The Morgan fingerprint density at radius 1 is 1.44 bits per heavy atom. The first-order valence-electron chi connectivity index (χ1n) is 6.42. The predicted molar refractivity (Wildman–Crippen MR) is 68.1 cm³/mol. The molecule has 0 spiro atoms. The van der Waals surface area contributed by atoms with Crippen LogP contribution in [0.1, 0.15) is 33.1 Å². The Labute approximate surface area is 109 Å². The van der Waals surface area contributed by atoms with Crippen LogP contribution in [-0.4, -0.2) is 44.9 Å². The van der Waals surface area contributed by atoms with Gasteiger partial charge in [0.2, 0.25) is 0 Å². The first-order chi connectivity index (χ1) is 8.51. The summed E-state index contributed by atoms with van der Waals surface area (Å²) in [7, 11) is -3.45. The third kappa shape index (κ3) is 4.22. The largest absolute Gasteiger partial charge is 0.466 e. The summed E-state index contributed by atoms with van der Waals surface area (Å²) < 4.78 is 32.7. The van der Waals surface area contributed by atoms with Gasteiger partial charge in [0.05, 0.1) is 12.5 Å². The molecule has 0 radical (unpaired) electrons. The van der Waals surface area contributed by atoms with Crippen LogP contribution >= 0.6 is 0 Å². The van der Waals surface area contributed by atoms with Gasteiger partial charge < -0.3 is 4.74 Å². The molecule has 1 unspecified atom stereocenters. The summed E-state index contributed by atoms with van der Waals surface area (Å²) in [6.45, 7) is 5.09. The SMILES string of the molecule is CCCNS(=O)(=O)N1CCCC(C(=O)OCC)C1. The highest BCUT2D eigenvalue weighted by atomic mass is 32.2. The van der Waals surface area contributed by atoms with Gasteiger partial charge in [-0.2, -0.15) is 12.7 Å². The number of carbonyl (C=O) groups is 1. The molecule has 0 aliphatic carbocycles. The zero-order valence-electron chi connectivity index (χ0n) is 11.0. The van der Waals surface area contributed by atoms with Gasteiger partial charge in [-0.15, -0.1) is 0 Å². The lowest BCUT2D eigenvalue weighted by Gasteiger charge is -2.30. The molecule has 1 N–H and O–H groups in total. The highest BCUT2D eigenvalue weighted by Gasteiger charge is 2.32. The molecule has 1 heterocycles. The number of piperidine rings is 1. The molecule has 7 heteroatoms. The average Bonchev–Trinajstić information content (AvgIpc) is 2.37. The first-order valence-corrected chi connectivity index (χ1v) is 7.86. The lowest BCUT2D eigenvalue weighted by Crippen LogP contribution is -2.47. The lowest BCUT2D eigenvalue weighted by molar-refractivity contribution is -0.149. The van der Waals surface area contributed by atoms with Crippen LogP contribution in [0.2, 0.25) is 0 Å². The molecule has 0 saturated carbocycles. The fourth-order valence-corrected chi connectivity index (χ4v) is 3.33. The second kappa shape index (κ2) is 7.06. The van der Waals surface area contributed by atoms with Gasteiger partial charge in [-0.25, -0.2) is 4.72 Å². The third-order valence-electron chi connectivity index (χ3n) is 2.88. The summed E-state index contributed by atoms with van der Waals surface area (Å²) in [5, 5.41) is 0. The lowest BCUT2D eigenvalue weighted by atomic mass is 10.0. The zero-order valence-corrected chi connectivity index (χ0v) is 11.8. The molecule has 1 atom stereocenters. The van der Waals surface area contributed by atoms with Crippen LogP contribution in [0.3, 0.4) is 0 Å². The van der Waals surface area contributed by atoms with Crippen molar-refractivity contribution in [3.63, 3.8) is 0 Å². The Morgan fingerprint density at radius 2 is 2.17 bits per heavy atom. The molecule has 1 rings (SSSR count). The smallest absolute Gasteiger partial charge is 0.310 e. The molecule has 0 aromatic carbocycles. The zero-order chi connectivity index (χ0) is 13.6. The van der Waals surface area contributed by atoms with E-state index in [4.69, 9.17) is 4.74 Å². The monoisotopic (exact) mass is 278 g/mol. The van der Waals surface area contributed by atoms with E-state index in [9.17, 15) is 13.2 Å². The third-order valence-corrected chi connectivity index (χ3v) is 4.46. The van der Waals surface area contributed by atoms with E-state index in [1.807, 2.05) is 6.92 Å². The maximum atomic E-state index is 11.9. The van der Waals surface area contributed by atoms with Crippen LogP contribution in [0.5, 0.6) is 0 Å². The average molecular weight is 278 g/mol. The topological polar surface area (TPSA) is 75.7 Å². The van der Waals surface area contributed by atoms with Gasteiger partial charge in [-0.05, 0) is 26.2 Å². The summed E-state index contributed by atoms with van der Waals surface area (Å²) in [6.07, 6.45) is 2.13. The molecule has 106 valence electrons. The number of hydrogen-bond acceptors (Lipinski definition) is 4. The van der Waals surface area contributed by atoms with Crippen molar-refractivity contribution in [1.82, 2.24) is 9.03 Å². The summed E-state index contributed by atoms with van der Waals surface area (Å²) in [5.41, 5.74) is 0. The molecular weight excluding hydrogens is 256 g/mol. The number of nitrogens with one attached hydrogen (secondary N) is 1. The highest BCUT2D eigenvalue weighted by molar-refractivity contribution is 7.87. The van der Waals surface area contributed by atoms with Crippen molar-refractivity contribution in [3.05, 3.63) is 0 Å². The van der Waals surface area contributed by atoms with Gasteiger partial charge in [0.15, 0.2) is 0 Å².